The molecule has 5 heteroatoms. The molecule has 1 amide bonds. The van der Waals surface area contributed by atoms with Crippen molar-refractivity contribution in [1.29, 1.82) is 0 Å². The molecule has 0 radical (unpaired) electrons. The number of amides is 1. The van der Waals surface area contributed by atoms with E-state index < -0.39 is 0 Å². The molecule has 4 rings (SSSR count). The van der Waals surface area contributed by atoms with Gasteiger partial charge in [0.1, 0.15) is 0 Å². The number of nitrogens with zero attached hydrogens (tertiary/aromatic N) is 3. The second-order valence-corrected chi connectivity index (χ2v) is 10.00. The van der Waals surface area contributed by atoms with Crippen molar-refractivity contribution in [2.45, 2.75) is 59.3 Å². The Hall–Kier alpha value is -2.66. The molecular formula is C28H38N4O. The number of pyridine rings is 1. The zero-order valence-corrected chi connectivity index (χ0v) is 21.0. The minimum Gasteiger partial charge on any atom is -0.354 e. The monoisotopic (exact) mass is 446 g/mol. The number of benzene rings is 1. The maximum atomic E-state index is 12.6. The summed E-state index contributed by atoms with van der Waals surface area (Å²) in [6, 6.07) is 11.3. The third kappa shape index (κ3) is 4.98. The zero-order valence-electron chi connectivity index (χ0n) is 21.0. The second kappa shape index (κ2) is 9.68. The Morgan fingerprint density at radius 3 is 2.42 bits per heavy atom. The van der Waals surface area contributed by atoms with Gasteiger partial charge in [-0.2, -0.15) is 0 Å². The summed E-state index contributed by atoms with van der Waals surface area (Å²) in [5.41, 5.74) is 8.49. The molecule has 5 nitrogen and oxygen atoms in total. The first-order valence-corrected chi connectivity index (χ1v) is 12.3. The van der Waals surface area contributed by atoms with Crippen LogP contribution in [0.2, 0.25) is 0 Å². The number of hydrogen-bond donors (Lipinski definition) is 1. The average Bonchev–Trinajstić information content (AvgIpc) is 3.17. The Balaban J connectivity index is 1.60. The molecule has 0 unspecified atom stereocenters. The van der Waals surface area contributed by atoms with Gasteiger partial charge in [0.15, 0.2) is 0 Å². The molecule has 2 aromatic heterocycles. The summed E-state index contributed by atoms with van der Waals surface area (Å²) < 4.78 is 0. The van der Waals surface area contributed by atoms with Crippen molar-refractivity contribution >= 4 is 16.8 Å². The van der Waals surface area contributed by atoms with Crippen LogP contribution in [0.3, 0.4) is 0 Å². The van der Waals surface area contributed by atoms with Crippen LogP contribution >= 0.6 is 0 Å². The molecule has 1 N–H and O–H groups in total. The van der Waals surface area contributed by atoms with Crippen LogP contribution in [0.25, 0.3) is 22.2 Å². The van der Waals surface area contributed by atoms with Crippen molar-refractivity contribution in [2.24, 2.45) is 0 Å². The number of piperidine rings is 1. The molecule has 0 spiro atoms. The van der Waals surface area contributed by atoms with Crippen LogP contribution in [0.1, 0.15) is 68.0 Å². The van der Waals surface area contributed by atoms with Gasteiger partial charge in [0.25, 0.3) is 0 Å². The SMILES string of the molecule is CCN(C)CC(=O)N1CCC(c2ccc3[nH]c(-c4cc(C)nc(C)c4)c(C(C)C)c3c2)CC1. The standard InChI is InChI=1S/C28H38N4O/c1-7-31(6)17-26(33)32-12-10-21(11-13-32)22-8-9-25-24(16-22)27(18(2)3)28(30-25)23-14-19(4)29-20(5)15-23/h8-9,14-16,18,21,30H,7,10-13,17H2,1-6H3. The Labute approximate surface area is 198 Å². The maximum absolute atomic E-state index is 12.6. The van der Waals surface area contributed by atoms with Crippen LogP contribution in [0.15, 0.2) is 30.3 Å². The highest BCUT2D eigenvalue weighted by Gasteiger charge is 2.25. The molecule has 3 aromatic rings. The Morgan fingerprint density at radius 1 is 1.15 bits per heavy atom. The summed E-state index contributed by atoms with van der Waals surface area (Å²) in [6.45, 7) is 13.9. The lowest BCUT2D eigenvalue weighted by atomic mass is 9.87. The highest BCUT2D eigenvalue weighted by atomic mass is 16.2. The topological polar surface area (TPSA) is 52.2 Å². The molecule has 0 bridgehead atoms. The van der Waals surface area contributed by atoms with Gasteiger partial charge in [-0.25, -0.2) is 0 Å². The van der Waals surface area contributed by atoms with Crippen LogP contribution in [-0.4, -0.2) is 58.9 Å². The highest BCUT2D eigenvalue weighted by Crippen LogP contribution is 2.38. The lowest BCUT2D eigenvalue weighted by Gasteiger charge is -2.33. The number of rotatable bonds is 6. The van der Waals surface area contributed by atoms with Crippen molar-refractivity contribution in [1.82, 2.24) is 19.8 Å². The number of hydrogen-bond acceptors (Lipinski definition) is 3. The van der Waals surface area contributed by atoms with Gasteiger partial charge < -0.3 is 9.88 Å². The lowest BCUT2D eigenvalue weighted by Crippen LogP contribution is -2.43. The Kier molecular flexibility index (Phi) is 6.89. The fourth-order valence-corrected chi connectivity index (χ4v) is 5.20. The van der Waals surface area contributed by atoms with E-state index in [-0.39, 0.29) is 5.91 Å². The number of aromatic amines is 1. The lowest BCUT2D eigenvalue weighted by molar-refractivity contribution is -0.133. The second-order valence-electron chi connectivity index (χ2n) is 10.00. The van der Waals surface area contributed by atoms with E-state index in [1.807, 2.05) is 11.9 Å². The molecule has 1 fully saturated rings. The van der Waals surface area contributed by atoms with E-state index in [1.54, 1.807) is 0 Å². The molecule has 1 aliphatic rings. The summed E-state index contributed by atoms with van der Waals surface area (Å²) in [5.74, 6) is 1.17. The summed E-state index contributed by atoms with van der Waals surface area (Å²) in [6.07, 6.45) is 2.06. The minimum absolute atomic E-state index is 0.258. The van der Waals surface area contributed by atoms with E-state index >= 15 is 0 Å². The third-order valence-electron chi connectivity index (χ3n) is 7.07. The quantitative estimate of drug-likeness (QED) is 0.534. The van der Waals surface area contributed by atoms with Gasteiger partial charge in [0.05, 0.1) is 12.2 Å². The van der Waals surface area contributed by atoms with Crippen LogP contribution in [0.5, 0.6) is 0 Å². The van der Waals surface area contributed by atoms with Gasteiger partial charge in [-0.1, -0.05) is 26.8 Å². The Morgan fingerprint density at radius 2 is 1.82 bits per heavy atom. The van der Waals surface area contributed by atoms with Crippen LogP contribution < -0.4 is 0 Å². The minimum atomic E-state index is 0.258. The van der Waals surface area contributed by atoms with Gasteiger partial charge in [0, 0.05) is 40.9 Å². The molecule has 0 saturated carbocycles. The van der Waals surface area contributed by atoms with E-state index in [2.05, 4.69) is 79.8 Å². The van der Waals surface area contributed by atoms with E-state index in [1.165, 1.54) is 33.3 Å². The molecule has 0 aliphatic carbocycles. The number of nitrogens with one attached hydrogen (secondary N) is 1. The molecule has 1 aliphatic heterocycles. The van der Waals surface area contributed by atoms with Crippen molar-refractivity contribution < 1.29 is 4.79 Å². The smallest absolute Gasteiger partial charge is 0.236 e. The summed E-state index contributed by atoms with van der Waals surface area (Å²) >= 11 is 0. The number of aryl methyl sites for hydroxylation is 2. The Bertz CT molecular complexity index is 1120. The molecule has 176 valence electrons. The van der Waals surface area contributed by atoms with Crippen molar-refractivity contribution in [2.75, 3.05) is 33.2 Å². The first-order valence-electron chi connectivity index (χ1n) is 12.3. The maximum Gasteiger partial charge on any atom is 0.236 e. The van der Waals surface area contributed by atoms with Gasteiger partial charge in [-0.3, -0.25) is 14.7 Å². The van der Waals surface area contributed by atoms with E-state index in [9.17, 15) is 4.79 Å². The van der Waals surface area contributed by atoms with Gasteiger partial charge >= 0.3 is 0 Å². The van der Waals surface area contributed by atoms with E-state index in [0.29, 0.717) is 18.4 Å². The summed E-state index contributed by atoms with van der Waals surface area (Å²) in [5, 5.41) is 1.33. The summed E-state index contributed by atoms with van der Waals surface area (Å²) in [4.78, 5) is 25.0. The van der Waals surface area contributed by atoms with E-state index in [4.69, 9.17) is 0 Å². The number of fused-ring (bicyclic) bond motifs is 1. The molecule has 0 atom stereocenters. The first kappa shape index (κ1) is 23.5. The molecule has 1 saturated heterocycles. The first-order chi connectivity index (χ1) is 15.8. The number of H-pyrrole nitrogens is 1. The van der Waals surface area contributed by atoms with Crippen LogP contribution in [0, 0.1) is 13.8 Å². The predicted molar refractivity (Wildman–Crippen MR) is 137 cm³/mol. The van der Waals surface area contributed by atoms with Crippen molar-refractivity contribution in [3.63, 3.8) is 0 Å². The predicted octanol–water partition coefficient (Wildman–Crippen LogP) is 5.63. The highest BCUT2D eigenvalue weighted by molar-refractivity contribution is 5.92. The largest absolute Gasteiger partial charge is 0.354 e. The van der Waals surface area contributed by atoms with Gasteiger partial charge in [0.2, 0.25) is 5.91 Å². The number of carbonyl (C=O) groups is 1. The normalized spacial score (nSPS) is 15.2. The van der Waals surface area contributed by atoms with Crippen molar-refractivity contribution in [3.05, 3.63) is 52.8 Å². The molecular weight excluding hydrogens is 408 g/mol. The van der Waals surface area contributed by atoms with E-state index in [0.717, 1.165) is 43.9 Å². The number of likely N-dealkylation sites (tertiary alicyclic amines) is 1. The summed E-state index contributed by atoms with van der Waals surface area (Å²) in [7, 11) is 2.01. The fraction of sp³-hybridized carbons (Fsp3) is 0.500. The van der Waals surface area contributed by atoms with Crippen LogP contribution in [0.4, 0.5) is 0 Å². The zero-order chi connectivity index (χ0) is 23.7. The molecule has 3 heterocycles. The van der Waals surface area contributed by atoms with Crippen LogP contribution in [-0.2, 0) is 4.79 Å². The number of likely N-dealkylation sites (N-methyl/N-ethyl adjacent to an activating group) is 1. The molecule has 33 heavy (non-hydrogen) atoms. The van der Waals surface area contributed by atoms with Gasteiger partial charge in [-0.05, 0) is 87.5 Å². The number of carbonyl (C=O) groups excluding carboxylic acids is 1. The van der Waals surface area contributed by atoms with Gasteiger partial charge in [-0.15, -0.1) is 0 Å². The fourth-order valence-electron chi connectivity index (χ4n) is 5.20. The van der Waals surface area contributed by atoms with Crippen molar-refractivity contribution in [3.8, 4) is 11.3 Å². The number of aromatic nitrogens is 2. The third-order valence-corrected chi connectivity index (χ3v) is 7.07. The average molecular weight is 447 g/mol. The molecule has 1 aromatic carbocycles.